The molecule has 0 saturated carbocycles. The summed E-state index contributed by atoms with van der Waals surface area (Å²) in [6.07, 6.45) is 1.84. The molecule has 1 amide bonds. The highest BCUT2D eigenvalue weighted by molar-refractivity contribution is 7.99. The summed E-state index contributed by atoms with van der Waals surface area (Å²) >= 11 is 1.64. The molecule has 1 aliphatic heterocycles. The standard InChI is InChI=1S/C19H21NO3S/c21-19(14-24-12-9-15-5-2-1-3-6-15)20-16-7-8-17-18(13-16)23-11-4-10-22-17/h1-3,5-8,13H,4,9-12,14H2,(H,20,21). The zero-order valence-electron chi connectivity index (χ0n) is 13.5. The van der Waals surface area contributed by atoms with Crippen LogP contribution in [0.15, 0.2) is 48.5 Å². The lowest BCUT2D eigenvalue weighted by Gasteiger charge is -2.10. The van der Waals surface area contributed by atoms with Crippen LogP contribution in [-0.4, -0.2) is 30.6 Å². The van der Waals surface area contributed by atoms with E-state index in [9.17, 15) is 4.79 Å². The summed E-state index contributed by atoms with van der Waals surface area (Å²) in [7, 11) is 0. The van der Waals surface area contributed by atoms with Crippen LogP contribution in [0.25, 0.3) is 0 Å². The number of fused-ring (bicyclic) bond motifs is 1. The summed E-state index contributed by atoms with van der Waals surface area (Å²) in [5, 5.41) is 2.92. The van der Waals surface area contributed by atoms with Crippen molar-refractivity contribution in [1.29, 1.82) is 0 Å². The number of thioether (sulfide) groups is 1. The predicted molar refractivity (Wildman–Crippen MR) is 98.1 cm³/mol. The van der Waals surface area contributed by atoms with Gasteiger partial charge in [-0.2, -0.15) is 11.8 Å². The van der Waals surface area contributed by atoms with E-state index in [0.29, 0.717) is 24.7 Å². The Kier molecular flexibility index (Phi) is 6.01. The largest absolute Gasteiger partial charge is 0.490 e. The van der Waals surface area contributed by atoms with Crippen LogP contribution < -0.4 is 14.8 Å². The van der Waals surface area contributed by atoms with E-state index in [-0.39, 0.29) is 5.91 Å². The lowest BCUT2D eigenvalue weighted by Crippen LogP contribution is -2.14. The maximum absolute atomic E-state index is 12.1. The quantitative estimate of drug-likeness (QED) is 0.811. The van der Waals surface area contributed by atoms with Gasteiger partial charge < -0.3 is 14.8 Å². The van der Waals surface area contributed by atoms with Gasteiger partial charge in [-0.15, -0.1) is 0 Å². The van der Waals surface area contributed by atoms with Crippen molar-refractivity contribution in [2.75, 3.05) is 30.0 Å². The van der Waals surface area contributed by atoms with Crippen molar-refractivity contribution in [2.24, 2.45) is 0 Å². The number of carbonyl (C=O) groups excluding carboxylic acids is 1. The molecule has 0 radical (unpaired) electrons. The number of hydrogen-bond acceptors (Lipinski definition) is 4. The molecule has 0 aromatic heterocycles. The van der Waals surface area contributed by atoms with Crippen LogP contribution in [0.4, 0.5) is 5.69 Å². The molecule has 0 aliphatic carbocycles. The van der Waals surface area contributed by atoms with Gasteiger partial charge in [-0.05, 0) is 29.9 Å². The van der Waals surface area contributed by atoms with Crippen molar-refractivity contribution in [3.8, 4) is 11.5 Å². The van der Waals surface area contributed by atoms with Gasteiger partial charge in [-0.3, -0.25) is 4.79 Å². The third-order valence-electron chi connectivity index (χ3n) is 3.64. The molecule has 0 bridgehead atoms. The Bertz CT molecular complexity index is 676. The average Bonchev–Trinajstić information content (AvgIpc) is 2.84. The molecule has 4 nitrogen and oxygen atoms in total. The number of aryl methyl sites for hydroxylation is 1. The molecular weight excluding hydrogens is 322 g/mol. The van der Waals surface area contributed by atoms with E-state index in [2.05, 4.69) is 17.4 Å². The van der Waals surface area contributed by atoms with Crippen molar-refractivity contribution >= 4 is 23.4 Å². The topological polar surface area (TPSA) is 47.6 Å². The molecular formula is C19H21NO3S. The van der Waals surface area contributed by atoms with Gasteiger partial charge in [-0.1, -0.05) is 30.3 Å². The first kappa shape index (κ1) is 16.7. The van der Waals surface area contributed by atoms with E-state index in [1.807, 2.05) is 36.4 Å². The van der Waals surface area contributed by atoms with Gasteiger partial charge in [0.15, 0.2) is 11.5 Å². The first-order valence-electron chi connectivity index (χ1n) is 8.12. The van der Waals surface area contributed by atoms with Gasteiger partial charge in [0.1, 0.15) is 0 Å². The Hall–Kier alpha value is -2.14. The Labute approximate surface area is 146 Å². The highest BCUT2D eigenvalue weighted by Crippen LogP contribution is 2.32. The Morgan fingerprint density at radius 3 is 2.67 bits per heavy atom. The van der Waals surface area contributed by atoms with E-state index in [1.54, 1.807) is 11.8 Å². The fourth-order valence-electron chi connectivity index (χ4n) is 2.44. The van der Waals surface area contributed by atoms with Crippen LogP contribution in [0, 0.1) is 0 Å². The number of ether oxygens (including phenoxy) is 2. The first-order valence-corrected chi connectivity index (χ1v) is 9.28. The Morgan fingerprint density at radius 2 is 1.83 bits per heavy atom. The van der Waals surface area contributed by atoms with E-state index in [4.69, 9.17) is 9.47 Å². The van der Waals surface area contributed by atoms with E-state index in [0.717, 1.165) is 30.0 Å². The molecule has 1 heterocycles. The number of carbonyl (C=O) groups is 1. The zero-order valence-corrected chi connectivity index (χ0v) is 14.3. The predicted octanol–water partition coefficient (Wildman–Crippen LogP) is 3.76. The average molecular weight is 343 g/mol. The van der Waals surface area contributed by atoms with Crippen LogP contribution >= 0.6 is 11.8 Å². The number of rotatable bonds is 6. The van der Waals surface area contributed by atoms with Gasteiger partial charge >= 0.3 is 0 Å². The number of amides is 1. The normalized spacial score (nSPS) is 13.2. The monoisotopic (exact) mass is 343 g/mol. The summed E-state index contributed by atoms with van der Waals surface area (Å²) in [6.45, 7) is 1.30. The second-order valence-corrected chi connectivity index (χ2v) is 6.65. The molecule has 0 saturated heterocycles. The van der Waals surface area contributed by atoms with E-state index >= 15 is 0 Å². The molecule has 0 unspecified atom stereocenters. The minimum Gasteiger partial charge on any atom is -0.490 e. The molecule has 1 aliphatic rings. The molecule has 0 spiro atoms. The summed E-state index contributed by atoms with van der Waals surface area (Å²) in [4.78, 5) is 12.1. The lowest BCUT2D eigenvalue weighted by molar-refractivity contribution is -0.113. The minimum atomic E-state index is 0.00236. The van der Waals surface area contributed by atoms with Crippen LogP contribution in [0.5, 0.6) is 11.5 Å². The lowest BCUT2D eigenvalue weighted by atomic mass is 10.2. The van der Waals surface area contributed by atoms with Gasteiger partial charge in [0.2, 0.25) is 5.91 Å². The third kappa shape index (κ3) is 4.93. The number of nitrogens with one attached hydrogen (secondary N) is 1. The molecule has 2 aromatic carbocycles. The molecule has 3 rings (SSSR count). The number of benzene rings is 2. The molecule has 0 fully saturated rings. The van der Waals surface area contributed by atoms with E-state index in [1.165, 1.54) is 5.56 Å². The Balaban J connectivity index is 1.44. The maximum Gasteiger partial charge on any atom is 0.234 e. The van der Waals surface area contributed by atoms with Gasteiger partial charge in [-0.25, -0.2) is 0 Å². The van der Waals surface area contributed by atoms with Gasteiger partial charge in [0.25, 0.3) is 0 Å². The summed E-state index contributed by atoms with van der Waals surface area (Å²) in [6, 6.07) is 15.8. The molecule has 126 valence electrons. The van der Waals surface area contributed by atoms with Crippen LogP contribution in [0.2, 0.25) is 0 Å². The maximum atomic E-state index is 12.1. The minimum absolute atomic E-state index is 0.00236. The summed E-state index contributed by atoms with van der Waals surface area (Å²) in [5.41, 5.74) is 2.04. The fourth-order valence-corrected chi connectivity index (χ4v) is 3.22. The third-order valence-corrected chi connectivity index (χ3v) is 4.60. The SMILES string of the molecule is O=C(CSCCc1ccccc1)Nc1ccc2c(c1)OCCCO2. The van der Waals surface area contributed by atoms with Crippen LogP contribution in [0.1, 0.15) is 12.0 Å². The summed E-state index contributed by atoms with van der Waals surface area (Å²) < 4.78 is 11.2. The highest BCUT2D eigenvalue weighted by atomic mass is 32.2. The molecule has 0 atom stereocenters. The van der Waals surface area contributed by atoms with Gasteiger partial charge in [0, 0.05) is 18.2 Å². The first-order chi connectivity index (χ1) is 11.8. The molecule has 1 N–H and O–H groups in total. The van der Waals surface area contributed by atoms with Gasteiger partial charge in [0.05, 0.1) is 19.0 Å². The summed E-state index contributed by atoms with van der Waals surface area (Å²) in [5.74, 6) is 2.81. The Morgan fingerprint density at radius 1 is 1.04 bits per heavy atom. The molecule has 2 aromatic rings. The van der Waals surface area contributed by atoms with Crippen molar-refractivity contribution < 1.29 is 14.3 Å². The highest BCUT2D eigenvalue weighted by Gasteiger charge is 2.11. The smallest absolute Gasteiger partial charge is 0.234 e. The van der Waals surface area contributed by atoms with Crippen LogP contribution in [-0.2, 0) is 11.2 Å². The van der Waals surface area contributed by atoms with E-state index < -0.39 is 0 Å². The van der Waals surface area contributed by atoms with Crippen molar-refractivity contribution in [3.05, 3.63) is 54.1 Å². The second-order valence-electron chi connectivity index (χ2n) is 5.55. The molecule has 24 heavy (non-hydrogen) atoms. The molecule has 5 heteroatoms. The number of anilines is 1. The number of hydrogen-bond donors (Lipinski definition) is 1. The van der Waals surface area contributed by atoms with Crippen molar-refractivity contribution in [1.82, 2.24) is 0 Å². The van der Waals surface area contributed by atoms with Crippen LogP contribution in [0.3, 0.4) is 0 Å². The van der Waals surface area contributed by atoms with Crippen molar-refractivity contribution in [3.63, 3.8) is 0 Å². The second kappa shape index (κ2) is 8.64. The zero-order chi connectivity index (χ0) is 16.6. The van der Waals surface area contributed by atoms with Crippen molar-refractivity contribution in [2.45, 2.75) is 12.8 Å². The fraction of sp³-hybridized carbons (Fsp3) is 0.316.